The fraction of sp³-hybridized carbons (Fsp3) is 0.0500. The first-order chi connectivity index (χ1) is 11.8. The lowest BCUT2D eigenvalue weighted by Gasteiger charge is -2.17. The van der Waals surface area contributed by atoms with Gasteiger partial charge in [-0.3, -0.25) is 9.78 Å². The van der Waals surface area contributed by atoms with Crippen molar-refractivity contribution in [2.24, 2.45) is 0 Å². The number of nitrogens with zero attached hydrogens (tertiary/aromatic N) is 2. The van der Waals surface area contributed by atoms with Crippen molar-refractivity contribution in [3.05, 3.63) is 95.8 Å². The molecule has 24 heavy (non-hydrogen) atoms. The third-order valence-electron chi connectivity index (χ3n) is 3.66. The number of hydrogen-bond donors (Lipinski definition) is 1. The predicted molar refractivity (Wildman–Crippen MR) is 92.3 cm³/mol. The minimum absolute atomic E-state index is 0.162. The van der Waals surface area contributed by atoms with E-state index in [0.717, 1.165) is 5.56 Å². The molecule has 116 valence electrons. The second kappa shape index (κ2) is 7.21. The highest BCUT2D eigenvalue weighted by molar-refractivity contribution is 5.97. The summed E-state index contributed by atoms with van der Waals surface area (Å²) in [6.45, 7) is 0. The summed E-state index contributed by atoms with van der Waals surface area (Å²) >= 11 is 0. The second-order valence-electron chi connectivity index (χ2n) is 5.28. The van der Waals surface area contributed by atoms with Crippen molar-refractivity contribution in [2.75, 3.05) is 5.32 Å². The summed E-state index contributed by atoms with van der Waals surface area (Å²) in [6.07, 6.45) is 1.68. The van der Waals surface area contributed by atoms with E-state index in [2.05, 4.69) is 16.4 Å². The van der Waals surface area contributed by atoms with E-state index in [1.54, 1.807) is 30.5 Å². The van der Waals surface area contributed by atoms with Gasteiger partial charge < -0.3 is 5.32 Å². The van der Waals surface area contributed by atoms with Crippen LogP contribution in [-0.4, -0.2) is 10.9 Å². The van der Waals surface area contributed by atoms with Crippen molar-refractivity contribution in [2.45, 2.75) is 5.92 Å². The number of pyridine rings is 1. The molecule has 0 aliphatic heterocycles. The topological polar surface area (TPSA) is 65.8 Å². The van der Waals surface area contributed by atoms with Crippen LogP contribution in [0, 0.1) is 11.3 Å². The van der Waals surface area contributed by atoms with Gasteiger partial charge in [0.25, 0.3) is 0 Å². The zero-order valence-electron chi connectivity index (χ0n) is 12.9. The van der Waals surface area contributed by atoms with Crippen LogP contribution in [0.4, 0.5) is 5.69 Å². The molecule has 4 nitrogen and oxygen atoms in total. The molecule has 0 spiro atoms. The number of nitrogens with one attached hydrogen (secondary N) is 1. The summed E-state index contributed by atoms with van der Waals surface area (Å²) in [4.78, 5) is 17.2. The Labute approximate surface area is 140 Å². The van der Waals surface area contributed by atoms with Crippen LogP contribution in [0.25, 0.3) is 0 Å². The van der Waals surface area contributed by atoms with Crippen LogP contribution in [0.5, 0.6) is 0 Å². The fourth-order valence-electron chi connectivity index (χ4n) is 2.49. The monoisotopic (exact) mass is 313 g/mol. The Bertz CT molecular complexity index is 813. The van der Waals surface area contributed by atoms with Crippen molar-refractivity contribution in [1.29, 1.82) is 5.26 Å². The Morgan fingerprint density at radius 2 is 1.67 bits per heavy atom. The molecule has 0 aliphatic carbocycles. The number of hydrogen-bond acceptors (Lipinski definition) is 3. The third-order valence-corrected chi connectivity index (χ3v) is 3.66. The van der Waals surface area contributed by atoms with Crippen molar-refractivity contribution >= 4 is 11.6 Å². The molecule has 0 aliphatic rings. The van der Waals surface area contributed by atoms with Gasteiger partial charge in [0.1, 0.15) is 5.92 Å². The number of rotatable bonds is 4. The predicted octanol–water partition coefficient (Wildman–Crippen LogP) is 3.72. The quantitative estimate of drug-likeness (QED) is 0.798. The summed E-state index contributed by atoms with van der Waals surface area (Å²) in [6, 6.07) is 23.9. The first kappa shape index (κ1) is 15.4. The Hall–Kier alpha value is -3.45. The van der Waals surface area contributed by atoms with Gasteiger partial charge in [0.15, 0.2) is 0 Å². The van der Waals surface area contributed by atoms with E-state index < -0.39 is 5.92 Å². The van der Waals surface area contributed by atoms with Crippen molar-refractivity contribution in [3.63, 3.8) is 0 Å². The van der Waals surface area contributed by atoms with Crippen LogP contribution in [0.1, 0.15) is 22.7 Å². The maximum Gasteiger partial charge on any atom is 0.237 e. The maximum atomic E-state index is 12.9. The lowest BCUT2D eigenvalue weighted by Crippen LogP contribution is -2.23. The minimum atomic E-state index is -0.497. The molecule has 1 atom stereocenters. The summed E-state index contributed by atoms with van der Waals surface area (Å²) in [5.74, 6) is -0.660. The van der Waals surface area contributed by atoms with Crippen molar-refractivity contribution < 1.29 is 4.79 Å². The fourth-order valence-corrected chi connectivity index (χ4v) is 2.49. The average molecular weight is 313 g/mol. The van der Waals surface area contributed by atoms with Crippen LogP contribution in [-0.2, 0) is 4.79 Å². The minimum Gasteiger partial charge on any atom is -0.325 e. The van der Waals surface area contributed by atoms with Gasteiger partial charge in [-0.25, -0.2) is 0 Å². The van der Waals surface area contributed by atoms with Gasteiger partial charge in [0, 0.05) is 11.9 Å². The first-order valence-electron chi connectivity index (χ1n) is 7.55. The molecule has 0 radical (unpaired) electrons. The van der Waals surface area contributed by atoms with Crippen LogP contribution in [0.2, 0.25) is 0 Å². The SMILES string of the molecule is N#Cc1ccc(NC(=O)C(c2ccccc2)c2ccccn2)cc1. The molecule has 4 heteroatoms. The van der Waals surface area contributed by atoms with Crippen LogP contribution in [0.3, 0.4) is 0 Å². The third kappa shape index (κ3) is 3.47. The lowest BCUT2D eigenvalue weighted by atomic mass is 9.94. The van der Waals surface area contributed by atoms with Gasteiger partial charge in [-0.05, 0) is 42.0 Å². The molecule has 3 aromatic rings. The van der Waals surface area contributed by atoms with Crippen LogP contribution in [0.15, 0.2) is 79.0 Å². The highest BCUT2D eigenvalue weighted by Crippen LogP contribution is 2.24. The molecule has 2 aromatic carbocycles. The zero-order chi connectivity index (χ0) is 16.8. The van der Waals surface area contributed by atoms with Gasteiger partial charge in [-0.1, -0.05) is 36.4 Å². The van der Waals surface area contributed by atoms with E-state index >= 15 is 0 Å². The molecule has 0 bridgehead atoms. The summed E-state index contributed by atoms with van der Waals surface area (Å²) < 4.78 is 0. The van der Waals surface area contributed by atoms with E-state index in [9.17, 15) is 4.79 Å². The standard InChI is InChI=1S/C20H15N3O/c21-14-15-9-11-17(12-10-15)23-20(24)19(16-6-2-1-3-7-16)18-8-4-5-13-22-18/h1-13,19H,(H,23,24). The molecule has 0 fully saturated rings. The smallest absolute Gasteiger partial charge is 0.237 e. The highest BCUT2D eigenvalue weighted by Gasteiger charge is 2.23. The van der Waals surface area contributed by atoms with E-state index in [4.69, 9.17) is 5.26 Å². The summed E-state index contributed by atoms with van der Waals surface area (Å²) in [7, 11) is 0. The van der Waals surface area contributed by atoms with Gasteiger partial charge in [0.2, 0.25) is 5.91 Å². The Kier molecular flexibility index (Phi) is 4.64. The van der Waals surface area contributed by atoms with Crippen molar-refractivity contribution in [1.82, 2.24) is 4.98 Å². The molecular weight excluding hydrogens is 298 g/mol. The zero-order valence-corrected chi connectivity index (χ0v) is 12.9. The Balaban J connectivity index is 1.90. The number of carbonyl (C=O) groups is 1. The molecular formula is C20H15N3O. The largest absolute Gasteiger partial charge is 0.325 e. The number of carbonyl (C=O) groups excluding carboxylic acids is 1. The number of amides is 1. The summed E-state index contributed by atoms with van der Waals surface area (Å²) in [5.41, 5.74) is 2.77. The molecule has 0 saturated carbocycles. The first-order valence-corrected chi connectivity index (χ1v) is 7.55. The highest BCUT2D eigenvalue weighted by atomic mass is 16.1. The number of aromatic nitrogens is 1. The Morgan fingerprint density at radius 3 is 2.29 bits per heavy atom. The molecule has 3 rings (SSSR count). The number of nitriles is 1. The Morgan fingerprint density at radius 1 is 0.958 bits per heavy atom. The van der Waals surface area contributed by atoms with E-state index in [-0.39, 0.29) is 5.91 Å². The van der Waals surface area contributed by atoms with E-state index in [1.165, 1.54) is 0 Å². The van der Waals surface area contributed by atoms with E-state index in [0.29, 0.717) is 16.9 Å². The second-order valence-corrected chi connectivity index (χ2v) is 5.28. The van der Waals surface area contributed by atoms with Gasteiger partial charge in [-0.2, -0.15) is 5.26 Å². The van der Waals surface area contributed by atoms with E-state index in [1.807, 2.05) is 48.5 Å². The molecule has 1 amide bonds. The van der Waals surface area contributed by atoms with Gasteiger partial charge in [0.05, 0.1) is 17.3 Å². The molecule has 1 aromatic heterocycles. The van der Waals surface area contributed by atoms with Gasteiger partial charge in [-0.15, -0.1) is 0 Å². The normalized spacial score (nSPS) is 11.3. The average Bonchev–Trinajstić information content (AvgIpc) is 2.64. The van der Waals surface area contributed by atoms with Gasteiger partial charge >= 0.3 is 0 Å². The molecule has 1 unspecified atom stereocenters. The molecule has 1 N–H and O–H groups in total. The number of benzene rings is 2. The molecule has 0 saturated heterocycles. The summed E-state index contributed by atoms with van der Waals surface area (Å²) in [5, 5.41) is 11.8. The van der Waals surface area contributed by atoms with Crippen LogP contribution >= 0.6 is 0 Å². The van der Waals surface area contributed by atoms with Crippen LogP contribution < -0.4 is 5.32 Å². The molecule has 1 heterocycles. The lowest BCUT2D eigenvalue weighted by molar-refractivity contribution is -0.116. The number of anilines is 1. The van der Waals surface area contributed by atoms with Crippen molar-refractivity contribution in [3.8, 4) is 6.07 Å². The maximum absolute atomic E-state index is 12.9.